The minimum Gasteiger partial charge on any atom is -0.394 e. The molecule has 0 aliphatic carbocycles. The van der Waals surface area contributed by atoms with Gasteiger partial charge in [0.1, 0.15) is 0 Å². The molecule has 2 aromatic rings. The summed E-state index contributed by atoms with van der Waals surface area (Å²) in [7, 11) is 0. The van der Waals surface area contributed by atoms with Crippen LogP contribution < -0.4 is 4.90 Å². The molecule has 1 fully saturated rings. The summed E-state index contributed by atoms with van der Waals surface area (Å²) in [5, 5.41) is 10.6. The maximum Gasteiger partial charge on any atom is 0.185 e. The molecule has 2 heterocycles. The second-order valence-electron chi connectivity index (χ2n) is 6.32. The number of aromatic nitrogens is 1. The fourth-order valence-electron chi connectivity index (χ4n) is 2.75. The van der Waals surface area contributed by atoms with Gasteiger partial charge < -0.3 is 10.0 Å². The lowest BCUT2D eigenvalue weighted by Gasteiger charge is -2.43. The Hall–Kier alpha value is -1.43. The van der Waals surface area contributed by atoms with Crippen LogP contribution in [0, 0.1) is 0 Å². The molecule has 1 aromatic carbocycles. The Morgan fingerprint density at radius 1 is 1.14 bits per heavy atom. The lowest BCUT2D eigenvalue weighted by molar-refractivity contribution is 0.0527. The van der Waals surface area contributed by atoms with Crippen molar-refractivity contribution in [2.45, 2.75) is 19.4 Å². The number of anilines is 1. The van der Waals surface area contributed by atoms with Crippen LogP contribution in [0.5, 0.6) is 0 Å². The van der Waals surface area contributed by atoms with Gasteiger partial charge in [0.2, 0.25) is 0 Å². The topological polar surface area (TPSA) is 39.6 Å². The second-order valence-corrected chi connectivity index (χ2v) is 7.33. The predicted molar refractivity (Wildman–Crippen MR) is 92.5 cm³/mol. The zero-order chi connectivity index (χ0) is 15.6. The summed E-state index contributed by atoms with van der Waals surface area (Å²) >= 11 is 1.75. The highest BCUT2D eigenvalue weighted by atomic mass is 32.1. The first-order valence-corrected chi connectivity index (χ1v) is 8.54. The highest BCUT2D eigenvalue weighted by Gasteiger charge is 2.29. The molecule has 1 N–H and O–H groups in total. The van der Waals surface area contributed by atoms with E-state index in [0.29, 0.717) is 0 Å². The van der Waals surface area contributed by atoms with Crippen molar-refractivity contribution in [3.8, 4) is 10.4 Å². The van der Waals surface area contributed by atoms with E-state index in [0.717, 1.165) is 31.3 Å². The summed E-state index contributed by atoms with van der Waals surface area (Å²) in [5.41, 5.74) is 1.09. The van der Waals surface area contributed by atoms with Crippen molar-refractivity contribution < 1.29 is 5.11 Å². The molecular weight excluding hydrogens is 294 g/mol. The number of benzene rings is 1. The van der Waals surface area contributed by atoms with Crippen molar-refractivity contribution >= 4 is 16.5 Å². The summed E-state index contributed by atoms with van der Waals surface area (Å²) < 4.78 is 0. The molecular formula is C17H23N3OS. The van der Waals surface area contributed by atoms with E-state index in [2.05, 4.69) is 52.9 Å². The largest absolute Gasteiger partial charge is 0.394 e. The third kappa shape index (κ3) is 3.16. The number of aliphatic hydroxyl groups excluding tert-OH is 1. The van der Waals surface area contributed by atoms with E-state index in [1.165, 1.54) is 10.4 Å². The number of hydrogen-bond donors (Lipinski definition) is 1. The van der Waals surface area contributed by atoms with Gasteiger partial charge in [0, 0.05) is 37.9 Å². The van der Waals surface area contributed by atoms with Gasteiger partial charge in [0.05, 0.1) is 11.5 Å². The standard InChI is InChI=1S/C17H23N3OS/c1-17(2,13-21)20-10-8-19(9-11-20)16-18-12-15(22-16)14-6-4-3-5-7-14/h3-7,12,21H,8-11,13H2,1-2H3. The van der Waals surface area contributed by atoms with Crippen molar-refractivity contribution in [2.24, 2.45) is 0 Å². The SMILES string of the molecule is CC(C)(CO)N1CCN(c2ncc(-c3ccccc3)s2)CC1. The number of hydrogen-bond acceptors (Lipinski definition) is 5. The Morgan fingerprint density at radius 3 is 2.45 bits per heavy atom. The molecule has 22 heavy (non-hydrogen) atoms. The molecule has 1 aliphatic rings. The fourth-order valence-corrected chi connectivity index (χ4v) is 3.72. The Balaban J connectivity index is 1.66. The normalized spacial score (nSPS) is 17.0. The zero-order valence-electron chi connectivity index (χ0n) is 13.2. The first-order chi connectivity index (χ1) is 10.6. The van der Waals surface area contributed by atoms with Crippen LogP contribution in [-0.2, 0) is 0 Å². The van der Waals surface area contributed by atoms with Gasteiger partial charge in [-0.05, 0) is 19.4 Å². The van der Waals surface area contributed by atoms with Crippen LogP contribution >= 0.6 is 11.3 Å². The summed E-state index contributed by atoms with van der Waals surface area (Å²) in [6, 6.07) is 10.4. The molecule has 0 amide bonds. The second kappa shape index (κ2) is 6.36. The van der Waals surface area contributed by atoms with Gasteiger partial charge in [-0.25, -0.2) is 4.98 Å². The summed E-state index contributed by atoms with van der Waals surface area (Å²) in [4.78, 5) is 10.5. The summed E-state index contributed by atoms with van der Waals surface area (Å²) in [5.74, 6) is 0. The predicted octanol–water partition coefficient (Wildman–Crippen LogP) is 2.70. The van der Waals surface area contributed by atoms with E-state index in [9.17, 15) is 5.11 Å². The van der Waals surface area contributed by atoms with Crippen LogP contribution in [0.2, 0.25) is 0 Å². The zero-order valence-corrected chi connectivity index (χ0v) is 14.0. The Kier molecular flexibility index (Phi) is 4.47. The van der Waals surface area contributed by atoms with Gasteiger partial charge >= 0.3 is 0 Å². The van der Waals surface area contributed by atoms with Crippen molar-refractivity contribution in [2.75, 3.05) is 37.7 Å². The average Bonchev–Trinajstić information content (AvgIpc) is 3.06. The Morgan fingerprint density at radius 2 is 1.82 bits per heavy atom. The van der Waals surface area contributed by atoms with Gasteiger partial charge in [0.25, 0.3) is 0 Å². The first-order valence-electron chi connectivity index (χ1n) is 7.72. The molecule has 3 rings (SSSR count). The number of aliphatic hydroxyl groups is 1. The van der Waals surface area contributed by atoms with Crippen molar-refractivity contribution in [3.05, 3.63) is 36.5 Å². The highest BCUT2D eigenvalue weighted by molar-refractivity contribution is 7.18. The third-order valence-electron chi connectivity index (χ3n) is 4.34. The van der Waals surface area contributed by atoms with E-state index in [-0.39, 0.29) is 12.1 Å². The van der Waals surface area contributed by atoms with Crippen LogP contribution in [0.4, 0.5) is 5.13 Å². The van der Waals surface area contributed by atoms with Crippen LogP contribution in [0.25, 0.3) is 10.4 Å². The lowest BCUT2D eigenvalue weighted by atomic mass is 10.0. The van der Waals surface area contributed by atoms with E-state index in [4.69, 9.17) is 0 Å². The highest BCUT2D eigenvalue weighted by Crippen LogP contribution is 2.31. The number of nitrogens with zero attached hydrogens (tertiary/aromatic N) is 3. The molecule has 118 valence electrons. The molecule has 5 heteroatoms. The van der Waals surface area contributed by atoms with Gasteiger partial charge in [-0.1, -0.05) is 41.7 Å². The fraction of sp³-hybridized carbons (Fsp3) is 0.471. The van der Waals surface area contributed by atoms with E-state index < -0.39 is 0 Å². The molecule has 1 aliphatic heterocycles. The van der Waals surface area contributed by atoms with E-state index in [1.54, 1.807) is 11.3 Å². The number of thiazole rings is 1. The maximum absolute atomic E-state index is 9.49. The molecule has 0 saturated carbocycles. The van der Waals surface area contributed by atoms with Crippen LogP contribution in [0.3, 0.4) is 0 Å². The van der Waals surface area contributed by atoms with E-state index >= 15 is 0 Å². The van der Waals surface area contributed by atoms with Gasteiger partial charge in [0.15, 0.2) is 5.13 Å². The number of piperazine rings is 1. The van der Waals surface area contributed by atoms with Gasteiger partial charge in [-0.2, -0.15) is 0 Å². The lowest BCUT2D eigenvalue weighted by Crippen LogP contribution is -2.56. The first kappa shape index (κ1) is 15.5. The van der Waals surface area contributed by atoms with Crippen LogP contribution in [0.15, 0.2) is 36.5 Å². The molecule has 0 bridgehead atoms. The maximum atomic E-state index is 9.49. The molecule has 0 spiro atoms. The molecule has 4 nitrogen and oxygen atoms in total. The average molecular weight is 317 g/mol. The molecule has 0 unspecified atom stereocenters. The third-order valence-corrected chi connectivity index (χ3v) is 5.45. The van der Waals surface area contributed by atoms with Crippen molar-refractivity contribution in [1.29, 1.82) is 0 Å². The van der Waals surface area contributed by atoms with Crippen molar-refractivity contribution in [3.63, 3.8) is 0 Å². The molecule has 1 saturated heterocycles. The Bertz CT molecular complexity index is 603. The smallest absolute Gasteiger partial charge is 0.185 e. The van der Waals surface area contributed by atoms with Gasteiger partial charge in [-0.3, -0.25) is 4.90 Å². The quantitative estimate of drug-likeness (QED) is 0.941. The summed E-state index contributed by atoms with van der Waals surface area (Å²) in [6.45, 7) is 8.25. The molecule has 0 atom stereocenters. The summed E-state index contributed by atoms with van der Waals surface area (Å²) in [6.07, 6.45) is 1.97. The Labute approximate surface area is 136 Å². The van der Waals surface area contributed by atoms with Crippen LogP contribution in [-0.4, -0.2) is 53.3 Å². The number of rotatable bonds is 4. The molecule has 0 radical (unpaired) electrons. The van der Waals surface area contributed by atoms with Crippen molar-refractivity contribution in [1.82, 2.24) is 9.88 Å². The minimum absolute atomic E-state index is 0.135. The van der Waals surface area contributed by atoms with Crippen LogP contribution in [0.1, 0.15) is 13.8 Å². The minimum atomic E-state index is -0.135. The van der Waals surface area contributed by atoms with Gasteiger partial charge in [-0.15, -0.1) is 0 Å². The molecule has 1 aromatic heterocycles. The van der Waals surface area contributed by atoms with E-state index in [1.807, 2.05) is 12.3 Å². The monoisotopic (exact) mass is 317 g/mol.